The number of methoxy groups -OCH3 is 2. The second-order valence-corrected chi connectivity index (χ2v) is 9.36. The second-order valence-electron chi connectivity index (χ2n) is 8.95. The van der Waals surface area contributed by atoms with Crippen LogP contribution in [-0.2, 0) is 14.3 Å². The number of Topliss-reactive ketones (excluding diaryl/α,β-unsaturated/α-hetero) is 1. The molecule has 0 saturated carbocycles. The van der Waals surface area contributed by atoms with Crippen LogP contribution in [0.4, 0.5) is 5.69 Å². The van der Waals surface area contributed by atoms with Crippen LogP contribution >= 0.6 is 11.6 Å². The summed E-state index contributed by atoms with van der Waals surface area (Å²) in [6.07, 6.45) is -0.312. The number of carbonyl (C=O) groups is 3. The molecule has 1 heterocycles. The maximum Gasteiger partial charge on any atom is 0.338 e. The Kier molecular flexibility index (Phi) is 7.83. The van der Waals surface area contributed by atoms with Crippen LogP contribution in [0.15, 0.2) is 66.2 Å². The number of phenols is 1. The Morgan fingerprint density at radius 3 is 2.13 bits per heavy atom. The van der Waals surface area contributed by atoms with Crippen molar-refractivity contribution < 1.29 is 38.8 Å². The van der Waals surface area contributed by atoms with Crippen LogP contribution in [-0.4, -0.2) is 48.2 Å². The van der Waals surface area contributed by atoms with E-state index in [1.54, 1.807) is 26.0 Å². The molecule has 1 aliphatic rings. The van der Waals surface area contributed by atoms with Crippen molar-refractivity contribution in [2.75, 3.05) is 19.1 Å². The first-order valence-corrected chi connectivity index (χ1v) is 12.3. The van der Waals surface area contributed by atoms with Crippen LogP contribution in [0.5, 0.6) is 17.2 Å². The van der Waals surface area contributed by atoms with E-state index >= 15 is 0 Å². The van der Waals surface area contributed by atoms with Gasteiger partial charge in [-0.3, -0.25) is 14.5 Å². The molecule has 0 bridgehead atoms. The number of nitrogens with zero attached hydrogens (tertiary/aromatic N) is 1. The summed E-state index contributed by atoms with van der Waals surface area (Å²) in [5, 5.41) is 21.5. The smallest absolute Gasteiger partial charge is 0.338 e. The predicted octanol–water partition coefficient (Wildman–Crippen LogP) is 5.25. The molecule has 39 heavy (non-hydrogen) atoms. The molecule has 3 aromatic carbocycles. The fraction of sp³-hybridized carbons (Fsp3) is 0.207. The Hall–Kier alpha value is -4.50. The number of esters is 1. The number of carbonyl (C=O) groups excluding carboxylic acids is 3. The number of phenolic OH excluding ortho intramolecular Hbond substituents is 1. The van der Waals surface area contributed by atoms with Gasteiger partial charge in [0.05, 0.1) is 48.1 Å². The monoisotopic (exact) mass is 551 g/mol. The lowest BCUT2D eigenvalue weighted by atomic mass is 9.94. The number of hydrogen-bond acceptors (Lipinski definition) is 8. The van der Waals surface area contributed by atoms with E-state index in [4.69, 9.17) is 25.8 Å². The molecular formula is C29H26ClNO8. The number of aliphatic hydroxyl groups is 1. The molecule has 1 atom stereocenters. The standard InChI is InChI=1S/C29H26ClNO8/c1-15(2)39-29(36)17-5-9-18(10-6-17)31-25(16-7-11-19(32)12-8-16)24(27(34)28(31)35)26(33)20-13-23(38-4)21(30)14-22(20)37-3/h5-15,25,32-33H,1-4H3/b26-24+. The number of aromatic hydroxyl groups is 1. The molecular weight excluding hydrogens is 526 g/mol. The number of ether oxygens (including phenoxy) is 3. The Bertz CT molecular complexity index is 1460. The first kappa shape index (κ1) is 27.5. The molecule has 4 rings (SSSR count). The third-order valence-electron chi connectivity index (χ3n) is 6.11. The summed E-state index contributed by atoms with van der Waals surface area (Å²) in [4.78, 5) is 40.4. The van der Waals surface area contributed by atoms with Crippen LogP contribution in [0.2, 0.25) is 5.02 Å². The van der Waals surface area contributed by atoms with E-state index in [1.807, 2.05) is 0 Å². The number of halogens is 1. The highest BCUT2D eigenvalue weighted by atomic mass is 35.5. The first-order chi connectivity index (χ1) is 18.6. The van der Waals surface area contributed by atoms with E-state index < -0.39 is 29.5 Å². The van der Waals surface area contributed by atoms with E-state index in [2.05, 4.69) is 0 Å². The summed E-state index contributed by atoms with van der Waals surface area (Å²) in [6.45, 7) is 3.46. The summed E-state index contributed by atoms with van der Waals surface area (Å²) < 4.78 is 15.9. The Labute approximate surface area is 229 Å². The quantitative estimate of drug-likeness (QED) is 0.177. The molecule has 0 radical (unpaired) electrons. The molecule has 1 fully saturated rings. The van der Waals surface area contributed by atoms with Crippen molar-refractivity contribution in [3.05, 3.63) is 87.9 Å². The van der Waals surface area contributed by atoms with Gasteiger partial charge in [0.2, 0.25) is 0 Å². The summed E-state index contributed by atoms with van der Waals surface area (Å²) in [6, 6.07) is 13.7. The van der Waals surface area contributed by atoms with E-state index in [0.717, 1.165) is 0 Å². The average Bonchev–Trinajstić information content (AvgIpc) is 3.18. The number of ketones is 1. The molecule has 0 spiro atoms. The van der Waals surface area contributed by atoms with Gasteiger partial charge >= 0.3 is 5.97 Å². The van der Waals surface area contributed by atoms with Crippen molar-refractivity contribution in [3.8, 4) is 17.2 Å². The number of amides is 1. The molecule has 1 aliphatic heterocycles. The van der Waals surface area contributed by atoms with Crippen molar-refractivity contribution in [3.63, 3.8) is 0 Å². The maximum absolute atomic E-state index is 13.4. The fourth-order valence-corrected chi connectivity index (χ4v) is 4.53. The summed E-state index contributed by atoms with van der Waals surface area (Å²) in [5.74, 6) is -2.51. The molecule has 1 amide bonds. The molecule has 3 aromatic rings. The minimum Gasteiger partial charge on any atom is -0.508 e. The summed E-state index contributed by atoms with van der Waals surface area (Å²) in [7, 11) is 2.77. The zero-order valence-corrected chi connectivity index (χ0v) is 22.4. The van der Waals surface area contributed by atoms with Crippen molar-refractivity contribution in [2.24, 2.45) is 0 Å². The van der Waals surface area contributed by atoms with Gasteiger partial charge in [-0.25, -0.2) is 4.79 Å². The molecule has 202 valence electrons. The molecule has 0 aliphatic carbocycles. The lowest BCUT2D eigenvalue weighted by molar-refractivity contribution is -0.132. The van der Waals surface area contributed by atoms with Crippen LogP contribution in [0.25, 0.3) is 5.76 Å². The maximum atomic E-state index is 13.4. The van der Waals surface area contributed by atoms with Crippen LogP contribution in [0, 0.1) is 0 Å². The highest BCUT2D eigenvalue weighted by molar-refractivity contribution is 6.51. The van der Waals surface area contributed by atoms with Gasteiger partial charge < -0.3 is 24.4 Å². The predicted molar refractivity (Wildman–Crippen MR) is 144 cm³/mol. The van der Waals surface area contributed by atoms with Crippen LogP contribution < -0.4 is 14.4 Å². The summed E-state index contributed by atoms with van der Waals surface area (Å²) >= 11 is 6.21. The third kappa shape index (κ3) is 5.26. The minimum atomic E-state index is -1.08. The molecule has 1 saturated heterocycles. The lowest BCUT2D eigenvalue weighted by Gasteiger charge is -2.26. The molecule has 10 heteroatoms. The first-order valence-electron chi connectivity index (χ1n) is 11.9. The Morgan fingerprint density at radius 1 is 0.949 bits per heavy atom. The second kappa shape index (κ2) is 11.1. The van der Waals surface area contributed by atoms with Crippen molar-refractivity contribution in [1.29, 1.82) is 0 Å². The highest BCUT2D eigenvalue weighted by Crippen LogP contribution is 2.45. The SMILES string of the molecule is COc1cc(/C(O)=C2\C(=O)C(=O)N(c3ccc(C(=O)OC(C)C)cc3)C2c2ccc(O)cc2)c(OC)cc1Cl. The number of anilines is 1. The van der Waals surface area contributed by atoms with Crippen LogP contribution in [0.3, 0.4) is 0 Å². The molecule has 1 unspecified atom stereocenters. The van der Waals surface area contributed by atoms with Gasteiger partial charge in [-0.2, -0.15) is 0 Å². The van der Waals surface area contributed by atoms with E-state index in [0.29, 0.717) is 11.3 Å². The van der Waals surface area contributed by atoms with Gasteiger partial charge in [0.1, 0.15) is 23.0 Å². The van der Waals surface area contributed by atoms with Crippen molar-refractivity contribution >= 4 is 40.7 Å². The Morgan fingerprint density at radius 2 is 1.56 bits per heavy atom. The van der Waals surface area contributed by atoms with E-state index in [-0.39, 0.29) is 45.1 Å². The fourth-order valence-electron chi connectivity index (χ4n) is 4.30. The normalized spacial score (nSPS) is 16.5. The summed E-state index contributed by atoms with van der Waals surface area (Å²) in [5.41, 5.74) is 0.889. The zero-order valence-electron chi connectivity index (χ0n) is 21.6. The van der Waals surface area contributed by atoms with Gasteiger partial charge in [0.15, 0.2) is 0 Å². The highest BCUT2D eigenvalue weighted by Gasteiger charge is 2.47. The third-order valence-corrected chi connectivity index (χ3v) is 6.40. The number of benzene rings is 3. The lowest BCUT2D eigenvalue weighted by Crippen LogP contribution is -2.29. The Balaban J connectivity index is 1.90. The molecule has 0 aromatic heterocycles. The number of rotatable bonds is 7. The van der Waals surface area contributed by atoms with Crippen molar-refractivity contribution in [2.45, 2.75) is 26.0 Å². The molecule has 2 N–H and O–H groups in total. The molecule has 9 nitrogen and oxygen atoms in total. The number of hydrogen-bond donors (Lipinski definition) is 2. The largest absolute Gasteiger partial charge is 0.508 e. The average molecular weight is 552 g/mol. The zero-order chi connectivity index (χ0) is 28.4. The topological polar surface area (TPSA) is 123 Å². The van der Waals surface area contributed by atoms with Gasteiger partial charge in [0.25, 0.3) is 11.7 Å². The van der Waals surface area contributed by atoms with Gasteiger partial charge in [-0.15, -0.1) is 0 Å². The van der Waals surface area contributed by atoms with Crippen LogP contribution in [0.1, 0.15) is 41.4 Å². The van der Waals surface area contributed by atoms with Gasteiger partial charge in [-0.05, 0) is 61.9 Å². The van der Waals surface area contributed by atoms with Gasteiger partial charge in [-0.1, -0.05) is 23.7 Å². The minimum absolute atomic E-state index is 0.0205. The van der Waals surface area contributed by atoms with E-state index in [1.165, 1.54) is 67.7 Å². The van der Waals surface area contributed by atoms with Gasteiger partial charge in [0, 0.05) is 11.8 Å². The van der Waals surface area contributed by atoms with Crippen molar-refractivity contribution in [1.82, 2.24) is 0 Å². The van der Waals surface area contributed by atoms with E-state index in [9.17, 15) is 24.6 Å². The number of aliphatic hydroxyl groups excluding tert-OH is 1.